The molecule has 4 fully saturated rings. The number of rotatable bonds is 4. The average molecular weight is 400 g/mol. The second kappa shape index (κ2) is 7.29. The number of esters is 1. The molecule has 0 spiro atoms. The Morgan fingerprint density at radius 1 is 1.07 bits per heavy atom. The topological polar surface area (TPSA) is 88.1 Å². The summed E-state index contributed by atoms with van der Waals surface area (Å²) < 4.78 is 10.8. The minimum atomic E-state index is -0.545. The quantitative estimate of drug-likeness (QED) is 0.731. The van der Waals surface area contributed by atoms with Crippen LogP contribution in [0.15, 0.2) is 24.3 Å². The van der Waals surface area contributed by atoms with Crippen LogP contribution in [0, 0.1) is 29.6 Å². The molecule has 29 heavy (non-hydrogen) atoms. The van der Waals surface area contributed by atoms with E-state index in [0.717, 1.165) is 32.6 Å². The number of aliphatic hydroxyl groups is 1. The average Bonchev–Trinajstić information content (AvgIpc) is 3.05. The van der Waals surface area contributed by atoms with Crippen molar-refractivity contribution in [2.75, 3.05) is 33.3 Å². The van der Waals surface area contributed by atoms with E-state index >= 15 is 0 Å². The van der Waals surface area contributed by atoms with E-state index in [2.05, 4.69) is 5.32 Å². The molecular weight excluding hydrogens is 372 g/mol. The maximum absolute atomic E-state index is 12.9. The van der Waals surface area contributed by atoms with Gasteiger partial charge in [0.15, 0.2) is 0 Å². The lowest BCUT2D eigenvalue weighted by molar-refractivity contribution is -0.132. The first-order valence-electron chi connectivity index (χ1n) is 10.6. The normalized spacial score (nSPS) is 37.6. The summed E-state index contributed by atoms with van der Waals surface area (Å²) >= 11 is 0. The molecule has 1 amide bonds. The third-order valence-electron chi connectivity index (χ3n) is 7.34. The van der Waals surface area contributed by atoms with Crippen LogP contribution in [0.4, 0.5) is 0 Å². The number of nitrogens with one attached hydrogen (secondary N) is 1. The van der Waals surface area contributed by atoms with Gasteiger partial charge in [-0.3, -0.25) is 4.79 Å². The number of aliphatic hydroxyl groups excluding tert-OH is 1. The largest absolute Gasteiger partial charge is 0.488 e. The number of ether oxygens (including phenoxy) is 2. The summed E-state index contributed by atoms with van der Waals surface area (Å²) in [6.07, 6.45) is 0.571. The van der Waals surface area contributed by atoms with Crippen molar-refractivity contribution in [1.29, 1.82) is 0 Å². The van der Waals surface area contributed by atoms with E-state index in [1.165, 1.54) is 7.11 Å². The zero-order valence-corrected chi connectivity index (χ0v) is 16.6. The van der Waals surface area contributed by atoms with Crippen molar-refractivity contribution in [2.24, 2.45) is 29.6 Å². The Labute approximate surface area is 170 Å². The van der Waals surface area contributed by atoms with Gasteiger partial charge in [0.2, 0.25) is 5.91 Å². The van der Waals surface area contributed by atoms with Gasteiger partial charge in [-0.1, -0.05) is 0 Å². The number of nitrogens with zero attached hydrogens (tertiary/aromatic N) is 1. The van der Waals surface area contributed by atoms with Crippen LogP contribution in [-0.2, 0) is 9.53 Å². The standard InChI is InChI=1S/C22H28N2O5/c1-28-22(27)12-2-4-15(5-3-12)29-19-7-14-11-24(10-13(14)6-18(19)25)21(26)20-16-8-23-9-17(16)20/h2-5,13-14,16-20,23,25H,6-11H2,1H3/t13-,14+,16-,17+,18+,19+,20?/m0/s1. The number of benzene rings is 1. The molecule has 5 rings (SSSR count). The van der Waals surface area contributed by atoms with Gasteiger partial charge in [0.05, 0.1) is 18.8 Å². The van der Waals surface area contributed by atoms with E-state index in [-0.39, 0.29) is 18.0 Å². The molecule has 1 aromatic rings. The minimum absolute atomic E-state index is 0.224. The molecule has 1 aromatic carbocycles. The predicted molar refractivity (Wildman–Crippen MR) is 104 cm³/mol. The molecule has 4 aliphatic rings. The molecule has 2 aliphatic carbocycles. The molecular formula is C22H28N2O5. The van der Waals surface area contributed by atoms with Gasteiger partial charge in [0.1, 0.15) is 11.9 Å². The minimum Gasteiger partial charge on any atom is -0.488 e. The Hall–Kier alpha value is -2.12. The van der Waals surface area contributed by atoms with Crippen molar-refractivity contribution in [1.82, 2.24) is 10.2 Å². The molecule has 0 aromatic heterocycles. The van der Waals surface area contributed by atoms with E-state index in [1.807, 2.05) is 4.90 Å². The highest BCUT2D eigenvalue weighted by Gasteiger charge is 2.59. The van der Waals surface area contributed by atoms with Crippen LogP contribution >= 0.6 is 0 Å². The molecule has 2 aliphatic heterocycles. The van der Waals surface area contributed by atoms with Crippen LogP contribution < -0.4 is 10.1 Å². The highest BCUT2D eigenvalue weighted by molar-refractivity contribution is 5.89. The first-order chi connectivity index (χ1) is 14.0. The number of piperidine rings is 1. The van der Waals surface area contributed by atoms with Crippen molar-refractivity contribution >= 4 is 11.9 Å². The van der Waals surface area contributed by atoms with Gasteiger partial charge >= 0.3 is 5.97 Å². The van der Waals surface area contributed by atoms with Crippen LogP contribution in [-0.4, -0.2) is 67.4 Å². The van der Waals surface area contributed by atoms with Gasteiger partial charge < -0.3 is 24.8 Å². The van der Waals surface area contributed by atoms with Crippen LogP contribution in [0.1, 0.15) is 23.2 Å². The number of carbonyl (C=O) groups is 2. The molecule has 1 unspecified atom stereocenters. The van der Waals surface area contributed by atoms with Gasteiger partial charge in [-0.15, -0.1) is 0 Å². The van der Waals surface area contributed by atoms with Gasteiger partial charge in [-0.25, -0.2) is 4.79 Å². The van der Waals surface area contributed by atoms with E-state index in [9.17, 15) is 14.7 Å². The number of methoxy groups -OCH3 is 1. The summed E-state index contributed by atoms with van der Waals surface area (Å²) in [6.45, 7) is 3.50. The number of amides is 1. The molecule has 7 nitrogen and oxygen atoms in total. The van der Waals surface area contributed by atoms with Crippen LogP contribution in [0.3, 0.4) is 0 Å². The Morgan fingerprint density at radius 2 is 1.72 bits per heavy atom. The van der Waals surface area contributed by atoms with E-state index in [0.29, 0.717) is 47.3 Å². The Morgan fingerprint density at radius 3 is 2.38 bits per heavy atom. The summed E-state index contributed by atoms with van der Waals surface area (Å²) in [4.78, 5) is 26.5. The van der Waals surface area contributed by atoms with Crippen molar-refractivity contribution < 1.29 is 24.2 Å². The second-order valence-electron chi connectivity index (χ2n) is 8.99. The predicted octanol–water partition coefficient (Wildman–Crippen LogP) is 0.915. The smallest absolute Gasteiger partial charge is 0.337 e. The maximum Gasteiger partial charge on any atom is 0.337 e. The number of likely N-dealkylation sites (tertiary alicyclic amines) is 1. The van der Waals surface area contributed by atoms with Crippen LogP contribution in [0.25, 0.3) is 0 Å². The van der Waals surface area contributed by atoms with Crippen molar-refractivity contribution in [3.8, 4) is 5.75 Å². The molecule has 2 N–H and O–H groups in total. The highest BCUT2D eigenvalue weighted by atomic mass is 16.5. The van der Waals surface area contributed by atoms with Gasteiger partial charge in [0, 0.05) is 19.0 Å². The number of hydrogen-bond acceptors (Lipinski definition) is 6. The van der Waals surface area contributed by atoms with E-state index in [4.69, 9.17) is 9.47 Å². The Kier molecular flexibility index (Phi) is 4.75. The molecule has 2 saturated carbocycles. The molecule has 0 radical (unpaired) electrons. The summed E-state index contributed by atoms with van der Waals surface area (Å²) in [7, 11) is 1.35. The first kappa shape index (κ1) is 18.9. The second-order valence-corrected chi connectivity index (χ2v) is 8.99. The molecule has 7 heteroatoms. The van der Waals surface area contributed by atoms with Crippen molar-refractivity contribution in [2.45, 2.75) is 25.0 Å². The van der Waals surface area contributed by atoms with Crippen LogP contribution in [0.2, 0.25) is 0 Å². The summed E-state index contributed by atoms with van der Waals surface area (Å²) in [5.41, 5.74) is 0.467. The fraction of sp³-hybridized carbons (Fsp3) is 0.636. The van der Waals surface area contributed by atoms with Gasteiger partial charge in [0.25, 0.3) is 0 Å². The lowest BCUT2D eigenvalue weighted by Crippen LogP contribution is -2.42. The Bertz CT molecular complexity index is 787. The monoisotopic (exact) mass is 400 g/mol. The fourth-order valence-electron chi connectivity index (χ4n) is 5.65. The molecule has 7 atom stereocenters. The Balaban J connectivity index is 1.19. The lowest BCUT2D eigenvalue weighted by atomic mass is 9.78. The van der Waals surface area contributed by atoms with Gasteiger partial charge in [-0.05, 0) is 73.9 Å². The van der Waals surface area contributed by atoms with E-state index in [1.54, 1.807) is 24.3 Å². The molecule has 156 valence electrons. The fourth-order valence-corrected chi connectivity index (χ4v) is 5.65. The highest BCUT2D eigenvalue weighted by Crippen LogP contribution is 2.50. The van der Waals surface area contributed by atoms with Crippen molar-refractivity contribution in [3.63, 3.8) is 0 Å². The van der Waals surface area contributed by atoms with Crippen molar-refractivity contribution in [3.05, 3.63) is 29.8 Å². The molecule has 0 bridgehead atoms. The van der Waals surface area contributed by atoms with E-state index < -0.39 is 6.10 Å². The molecule has 2 saturated heterocycles. The van der Waals surface area contributed by atoms with Crippen LogP contribution in [0.5, 0.6) is 5.75 Å². The zero-order valence-electron chi connectivity index (χ0n) is 16.6. The third-order valence-corrected chi connectivity index (χ3v) is 7.34. The third kappa shape index (κ3) is 3.40. The van der Waals surface area contributed by atoms with Gasteiger partial charge in [-0.2, -0.15) is 0 Å². The first-order valence-corrected chi connectivity index (χ1v) is 10.6. The summed E-state index contributed by atoms with van der Waals surface area (Å²) in [5, 5.41) is 14.0. The maximum atomic E-state index is 12.9. The summed E-state index contributed by atoms with van der Waals surface area (Å²) in [6, 6.07) is 6.79. The molecule has 2 heterocycles. The number of carbonyl (C=O) groups excluding carboxylic acids is 2. The number of hydrogen-bond donors (Lipinski definition) is 2. The number of fused-ring (bicyclic) bond motifs is 2. The SMILES string of the molecule is COC(=O)c1ccc(O[C@@H]2C[C@@H]3CN(C(=O)C4[C@H]5CNC[C@@H]45)C[C@@H]3C[C@H]2O)cc1. The lowest BCUT2D eigenvalue weighted by Gasteiger charge is -2.35. The zero-order chi connectivity index (χ0) is 20.1. The summed E-state index contributed by atoms with van der Waals surface area (Å²) in [5.74, 6) is 2.60.